The van der Waals surface area contributed by atoms with Crippen molar-refractivity contribution in [1.82, 2.24) is 15.2 Å². The van der Waals surface area contributed by atoms with E-state index in [1.165, 1.54) is 12.0 Å². The number of carbonyl (C=O) groups excluding carboxylic acids is 2. The Labute approximate surface area is 199 Å². The summed E-state index contributed by atoms with van der Waals surface area (Å²) in [6, 6.07) is 15.8. The minimum absolute atomic E-state index is 0.106. The lowest BCUT2D eigenvalue weighted by Gasteiger charge is -2.17. The number of hydrogen-bond acceptors (Lipinski definition) is 6. The molecule has 8 nitrogen and oxygen atoms in total. The third kappa shape index (κ3) is 6.55. The Kier molecular flexibility index (Phi) is 8.21. The van der Waals surface area contributed by atoms with Crippen molar-refractivity contribution >= 4 is 17.5 Å². The van der Waals surface area contributed by atoms with Gasteiger partial charge in [-0.05, 0) is 66.9 Å². The molecule has 0 spiro atoms. The van der Waals surface area contributed by atoms with Gasteiger partial charge < -0.3 is 25.4 Å². The lowest BCUT2D eigenvalue weighted by Crippen LogP contribution is -2.28. The van der Waals surface area contributed by atoms with Gasteiger partial charge in [0.25, 0.3) is 11.8 Å². The average molecular weight is 463 g/mol. The lowest BCUT2D eigenvalue weighted by atomic mass is 10.0. The lowest BCUT2D eigenvalue weighted by molar-refractivity contribution is 0.0827. The summed E-state index contributed by atoms with van der Waals surface area (Å²) in [7, 11) is 4.90. The maximum atomic E-state index is 12.6. The van der Waals surface area contributed by atoms with Gasteiger partial charge in [0.2, 0.25) is 0 Å². The van der Waals surface area contributed by atoms with Gasteiger partial charge in [0.05, 0.1) is 7.11 Å². The number of hydrogen-bond donors (Lipinski definition) is 3. The highest BCUT2D eigenvalue weighted by Gasteiger charge is 2.14. The van der Waals surface area contributed by atoms with Crippen LogP contribution in [0.1, 0.15) is 38.9 Å². The summed E-state index contributed by atoms with van der Waals surface area (Å²) in [5.41, 5.74) is 3.19. The maximum absolute atomic E-state index is 12.6. The second-order valence-electron chi connectivity index (χ2n) is 8.28. The predicted octanol–water partition coefficient (Wildman–Crippen LogP) is 3.47. The Balaban J connectivity index is 1.74. The van der Waals surface area contributed by atoms with Crippen molar-refractivity contribution in [1.29, 1.82) is 0 Å². The molecule has 1 heterocycles. The van der Waals surface area contributed by atoms with Gasteiger partial charge in [-0.2, -0.15) is 0 Å². The molecule has 8 heteroatoms. The normalized spacial score (nSPS) is 11.5. The number of phenolic OH excluding ortho intramolecular Hbond substituents is 1. The number of methoxy groups -OCH3 is 1. The first-order valence-electron chi connectivity index (χ1n) is 10.9. The summed E-state index contributed by atoms with van der Waals surface area (Å²) in [6.45, 7) is 2.55. The highest BCUT2D eigenvalue weighted by molar-refractivity contribution is 6.04. The van der Waals surface area contributed by atoms with E-state index in [-0.39, 0.29) is 23.6 Å². The smallest absolute Gasteiger partial charge is 0.274 e. The first kappa shape index (κ1) is 24.7. The molecular weight excluding hydrogens is 432 g/mol. The van der Waals surface area contributed by atoms with Gasteiger partial charge in [0.15, 0.2) is 11.5 Å². The molecule has 0 saturated heterocycles. The van der Waals surface area contributed by atoms with Crippen molar-refractivity contribution in [3.63, 3.8) is 0 Å². The summed E-state index contributed by atoms with van der Waals surface area (Å²) in [5, 5.41) is 16.1. The van der Waals surface area contributed by atoms with Crippen molar-refractivity contribution in [3.05, 3.63) is 83.2 Å². The van der Waals surface area contributed by atoms with E-state index in [2.05, 4.69) is 22.5 Å². The molecule has 0 aliphatic carbocycles. The molecule has 1 aromatic heterocycles. The van der Waals surface area contributed by atoms with Gasteiger partial charge >= 0.3 is 0 Å². The number of anilines is 1. The summed E-state index contributed by atoms with van der Waals surface area (Å²) in [4.78, 5) is 30.8. The summed E-state index contributed by atoms with van der Waals surface area (Å²) < 4.78 is 5.18. The number of aromatic nitrogens is 1. The van der Waals surface area contributed by atoms with Crippen molar-refractivity contribution in [2.75, 3.05) is 26.5 Å². The Bertz CT molecular complexity index is 1150. The number of nitrogens with one attached hydrogen (secondary N) is 2. The molecule has 0 aliphatic heterocycles. The molecule has 3 N–H and O–H groups in total. The molecular formula is C26H30N4O4. The van der Waals surface area contributed by atoms with Crippen LogP contribution in [-0.4, -0.2) is 54.1 Å². The summed E-state index contributed by atoms with van der Waals surface area (Å²) in [5.74, 6) is 0.0467. The number of benzene rings is 2. The molecule has 0 saturated carbocycles. The first-order valence-corrected chi connectivity index (χ1v) is 10.9. The standard InChI is InChI=1S/C26H30N4O4/c1-17(11-18-8-9-23(31)24(14-18)34-4)28-16-19-12-20(26(33)30(2)3)15-21(13-19)29-25(32)22-7-5-6-10-27-22/h5-10,12-15,17,28,31H,11,16H2,1-4H3,(H,29,32)/t17-/m1/s1. The molecule has 178 valence electrons. The Hall–Kier alpha value is -3.91. The molecule has 1 atom stereocenters. The Morgan fingerprint density at radius 1 is 1.09 bits per heavy atom. The molecule has 0 fully saturated rings. The van der Waals surface area contributed by atoms with E-state index in [0.717, 1.165) is 17.5 Å². The predicted molar refractivity (Wildman–Crippen MR) is 131 cm³/mol. The van der Waals surface area contributed by atoms with E-state index in [4.69, 9.17) is 4.74 Å². The van der Waals surface area contributed by atoms with E-state index in [9.17, 15) is 14.7 Å². The molecule has 3 rings (SSSR count). The Morgan fingerprint density at radius 3 is 2.56 bits per heavy atom. The molecule has 3 aromatic rings. The second kappa shape index (κ2) is 11.3. The number of pyridine rings is 1. The van der Waals surface area contributed by atoms with Gasteiger partial charge in [-0.25, -0.2) is 0 Å². The maximum Gasteiger partial charge on any atom is 0.274 e. The van der Waals surface area contributed by atoms with E-state index in [0.29, 0.717) is 29.2 Å². The molecule has 2 amide bonds. The molecule has 2 aromatic carbocycles. The zero-order chi connectivity index (χ0) is 24.7. The molecule has 0 aliphatic rings. The largest absolute Gasteiger partial charge is 0.504 e. The fraction of sp³-hybridized carbons (Fsp3) is 0.269. The highest BCUT2D eigenvalue weighted by Crippen LogP contribution is 2.26. The van der Waals surface area contributed by atoms with Crippen LogP contribution in [0.4, 0.5) is 5.69 Å². The van der Waals surface area contributed by atoms with Gasteiger partial charge in [-0.3, -0.25) is 14.6 Å². The van der Waals surface area contributed by atoms with Crippen LogP contribution < -0.4 is 15.4 Å². The molecule has 34 heavy (non-hydrogen) atoms. The highest BCUT2D eigenvalue weighted by atomic mass is 16.5. The number of nitrogens with zero attached hydrogens (tertiary/aromatic N) is 2. The van der Waals surface area contributed by atoms with Crippen LogP contribution in [0.5, 0.6) is 11.5 Å². The monoisotopic (exact) mass is 462 g/mol. The Morgan fingerprint density at radius 2 is 1.88 bits per heavy atom. The van der Waals surface area contributed by atoms with E-state index >= 15 is 0 Å². The third-order valence-corrected chi connectivity index (χ3v) is 5.24. The number of amides is 2. The van der Waals surface area contributed by atoms with Crippen molar-refractivity contribution in [2.24, 2.45) is 0 Å². The topological polar surface area (TPSA) is 104 Å². The molecule has 0 radical (unpaired) electrons. The zero-order valence-corrected chi connectivity index (χ0v) is 19.8. The van der Waals surface area contributed by atoms with Crippen LogP contribution in [0.3, 0.4) is 0 Å². The number of aromatic hydroxyl groups is 1. The summed E-state index contributed by atoms with van der Waals surface area (Å²) >= 11 is 0. The first-order chi connectivity index (χ1) is 16.3. The van der Waals surface area contributed by atoms with E-state index in [1.54, 1.807) is 50.6 Å². The van der Waals surface area contributed by atoms with E-state index < -0.39 is 0 Å². The number of phenols is 1. The minimum atomic E-state index is -0.344. The van der Waals surface area contributed by atoms with Crippen LogP contribution in [0.2, 0.25) is 0 Å². The van der Waals surface area contributed by atoms with E-state index in [1.807, 2.05) is 24.3 Å². The summed E-state index contributed by atoms with van der Waals surface area (Å²) in [6.07, 6.45) is 2.28. The van der Waals surface area contributed by atoms with Gasteiger partial charge in [-0.15, -0.1) is 0 Å². The van der Waals surface area contributed by atoms with Crippen molar-refractivity contribution < 1.29 is 19.4 Å². The van der Waals surface area contributed by atoms with Gasteiger partial charge in [0.1, 0.15) is 5.69 Å². The average Bonchev–Trinajstić information content (AvgIpc) is 2.83. The third-order valence-electron chi connectivity index (χ3n) is 5.24. The fourth-order valence-electron chi connectivity index (χ4n) is 3.51. The van der Waals surface area contributed by atoms with Crippen LogP contribution in [0, 0.1) is 0 Å². The number of carbonyl (C=O) groups is 2. The van der Waals surface area contributed by atoms with Crippen molar-refractivity contribution in [2.45, 2.75) is 25.9 Å². The second-order valence-corrected chi connectivity index (χ2v) is 8.28. The molecule has 0 unspecified atom stereocenters. The van der Waals surface area contributed by atoms with Crippen LogP contribution in [0.25, 0.3) is 0 Å². The van der Waals surface area contributed by atoms with Crippen molar-refractivity contribution in [3.8, 4) is 11.5 Å². The number of ether oxygens (including phenoxy) is 1. The SMILES string of the molecule is COc1cc(C[C@@H](C)NCc2cc(NC(=O)c3ccccn3)cc(C(=O)N(C)C)c2)ccc1O. The quantitative estimate of drug-likeness (QED) is 0.450. The van der Waals surface area contributed by atoms with Crippen LogP contribution in [0.15, 0.2) is 60.8 Å². The number of rotatable bonds is 9. The fourth-order valence-corrected chi connectivity index (χ4v) is 3.51. The minimum Gasteiger partial charge on any atom is -0.504 e. The van der Waals surface area contributed by atoms with Gasteiger partial charge in [0, 0.05) is 44.1 Å². The zero-order valence-electron chi connectivity index (χ0n) is 19.8. The molecule has 0 bridgehead atoms. The van der Waals surface area contributed by atoms with Crippen LogP contribution >= 0.6 is 0 Å². The van der Waals surface area contributed by atoms with Crippen LogP contribution in [-0.2, 0) is 13.0 Å². The van der Waals surface area contributed by atoms with Gasteiger partial charge in [-0.1, -0.05) is 12.1 Å².